The summed E-state index contributed by atoms with van der Waals surface area (Å²) in [5, 5.41) is 11.8. The molecule has 0 aliphatic heterocycles. The number of benzene rings is 2. The number of rotatable bonds is 5. The van der Waals surface area contributed by atoms with E-state index in [4.69, 9.17) is 10.00 Å². The van der Waals surface area contributed by atoms with E-state index in [-0.39, 0.29) is 0 Å². The third-order valence-electron chi connectivity index (χ3n) is 2.77. The summed E-state index contributed by atoms with van der Waals surface area (Å²) in [5.41, 5.74) is 2.91. The minimum absolute atomic E-state index is 0.509. The molecule has 2 aromatic carbocycles. The Morgan fingerprint density at radius 3 is 2.58 bits per heavy atom. The lowest BCUT2D eigenvalue weighted by Crippen LogP contribution is -2.05. The van der Waals surface area contributed by atoms with Crippen LogP contribution in [-0.2, 0) is 13.2 Å². The van der Waals surface area contributed by atoms with E-state index in [9.17, 15) is 0 Å². The summed E-state index contributed by atoms with van der Waals surface area (Å²) in [6.45, 7) is 1.34. The summed E-state index contributed by atoms with van der Waals surface area (Å²) >= 11 is 0. The van der Waals surface area contributed by atoms with Gasteiger partial charge >= 0.3 is 0 Å². The lowest BCUT2D eigenvalue weighted by molar-refractivity contribution is 0.306. The Hall–Kier alpha value is -2.31. The van der Waals surface area contributed by atoms with Crippen molar-refractivity contribution in [3.05, 3.63) is 65.2 Å². The molecular formula is C16H16N2O. The maximum Gasteiger partial charge on any atom is 0.120 e. The zero-order valence-corrected chi connectivity index (χ0v) is 10.9. The van der Waals surface area contributed by atoms with E-state index in [1.807, 2.05) is 37.4 Å². The highest BCUT2D eigenvalue weighted by Gasteiger charge is 1.98. The normalized spacial score (nSPS) is 9.89. The third-order valence-corrected chi connectivity index (χ3v) is 2.77. The van der Waals surface area contributed by atoms with E-state index >= 15 is 0 Å². The molecule has 0 saturated heterocycles. The summed E-state index contributed by atoms with van der Waals surface area (Å²) in [4.78, 5) is 0. The molecule has 0 atom stereocenters. The first-order valence-electron chi connectivity index (χ1n) is 6.17. The van der Waals surface area contributed by atoms with Gasteiger partial charge in [0.25, 0.3) is 0 Å². The van der Waals surface area contributed by atoms with Crippen molar-refractivity contribution in [1.82, 2.24) is 5.32 Å². The van der Waals surface area contributed by atoms with Crippen molar-refractivity contribution in [2.45, 2.75) is 13.2 Å². The molecule has 96 valence electrons. The van der Waals surface area contributed by atoms with Crippen molar-refractivity contribution in [3.8, 4) is 11.8 Å². The third kappa shape index (κ3) is 3.84. The Morgan fingerprint density at radius 1 is 1.11 bits per heavy atom. The second-order valence-corrected chi connectivity index (χ2v) is 4.28. The molecular weight excluding hydrogens is 236 g/mol. The monoisotopic (exact) mass is 252 g/mol. The van der Waals surface area contributed by atoms with Gasteiger partial charge < -0.3 is 10.1 Å². The number of hydrogen-bond donors (Lipinski definition) is 1. The van der Waals surface area contributed by atoms with Crippen molar-refractivity contribution in [3.63, 3.8) is 0 Å². The minimum atomic E-state index is 0.509. The molecule has 0 unspecified atom stereocenters. The van der Waals surface area contributed by atoms with Crippen LogP contribution in [0.2, 0.25) is 0 Å². The lowest BCUT2D eigenvalue weighted by atomic mass is 10.1. The van der Waals surface area contributed by atoms with Gasteiger partial charge in [-0.25, -0.2) is 0 Å². The Kier molecular flexibility index (Phi) is 4.54. The van der Waals surface area contributed by atoms with E-state index in [0.717, 1.165) is 17.9 Å². The number of hydrogen-bond acceptors (Lipinski definition) is 3. The van der Waals surface area contributed by atoms with Gasteiger partial charge in [0.15, 0.2) is 0 Å². The van der Waals surface area contributed by atoms with E-state index in [0.29, 0.717) is 12.2 Å². The van der Waals surface area contributed by atoms with Gasteiger partial charge in [-0.3, -0.25) is 0 Å². The van der Waals surface area contributed by atoms with Crippen LogP contribution < -0.4 is 10.1 Å². The molecule has 0 heterocycles. The average molecular weight is 252 g/mol. The van der Waals surface area contributed by atoms with Crippen LogP contribution in [0, 0.1) is 11.3 Å². The summed E-state index contributed by atoms with van der Waals surface area (Å²) in [7, 11) is 1.92. The molecule has 0 bridgehead atoms. The Balaban J connectivity index is 1.97. The molecule has 0 aromatic heterocycles. The van der Waals surface area contributed by atoms with Gasteiger partial charge in [0, 0.05) is 6.54 Å². The molecule has 0 saturated carbocycles. The van der Waals surface area contributed by atoms with Gasteiger partial charge in [-0.05, 0) is 42.4 Å². The van der Waals surface area contributed by atoms with Gasteiger partial charge in [-0.2, -0.15) is 5.26 Å². The largest absolute Gasteiger partial charge is 0.489 e. The molecule has 3 heteroatoms. The van der Waals surface area contributed by atoms with Crippen LogP contribution in [0.5, 0.6) is 5.75 Å². The van der Waals surface area contributed by atoms with Crippen LogP contribution in [0.3, 0.4) is 0 Å². The molecule has 0 radical (unpaired) electrons. The second-order valence-electron chi connectivity index (χ2n) is 4.28. The Morgan fingerprint density at radius 2 is 1.89 bits per heavy atom. The van der Waals surface area contributed by atoms with Crippen LogP contribution in [0.25, 0.3) is 0 Å². The molecule has 0 fully saturated rings. The number of nitrogens with zero attached hydrogens (tertiary/aromatic N) is 1. The van der Waals surface area contributed by atoms with E-state index in [2.05, 4.69) is 17.5 Å². The van der Waals surface area contributed by atoms with Crippen LogP contribution in [0.15, 0.2) is 48.5 Å². The van der Waals surface area contributed by atoms with Crippen molar-refractivity contribution >= 4 is 0 Å². The predicted molar refractivity (Wildman–Crippen MR) is 74.7 cm³/mol. The maximum atomic E-state index is 8.73. The average Bonchev–Trinajstić information content (AvgIpc) is 2.46. The van der Waals surface area contributed by atoms with Crippen molar-refractivity contribution in [2.24, 2.45) is 0 Å². The smallest absolute Gasteiger partial charge is 0.120 e. The van der Waals surface area contributed by atoms with Gasteiger partial charge in [-0.15, -0.1) is 0 Å². The van der Waals surface area contributed by atoms with Crippen LogP contribution in [0.4, 0.5) is 0 Å². The van der Waals surface area contributed by atoms with Gasteiger partial charge in [0.1, 0.15) is 12.4 Å². The molecule has 0 aliphatic rings. The number of nitriles is 1. The maximum absolute atomic E-state index is 8.73. The topological polar surface area (TPSA) is 45.0 Å². The summed E-state index contributed by atoms with van der Waals surface area (Å²) < 4.78 is 5.74. The molecule has 2 aromatic rings. The molecule has 0 spiro atoms. The van der Waals surface area contributed by atoms with Crippen molar-refractivity contribution in [1.29, 1.82) is 5.26 Å². The quantitative estimate of drug-likeness (QED) is 0.890. The second kappa shape index (κ2) is 6.58. The van der Waals surface area contributed by atoms with E-state index in [1.165, 1.54) is 5.56 Å². The molecule has 19 heavy (non-hydrogen) atoms. The summed E-state index contributed by atoms with van der Waals surface area (Å²) in [5.74, 6) is 0.858. The lowest BCUT2D eigenvalue weighted by Gasteiger charge is -2.08. The van der Waals surface area contributed by atoms with E-state index < -0.39 is 0 Å². The van der Waals surface area contributed by atoms with E-state index in [1.54, 1.807) is 12.1 Å². The fourth-order valence-corrected chi connectivity index (χ4v) is 1.79. The molecule has 2 rings (SSSR count). The fourth-order valence-electron chi connectivity index (χ4n) is 1.79. The summed E-state index contributed by atoms with van der Waals surface area (Å²) in [6.07, 6.45) is 0. The zero-order chi connectivity index (χ0) is 13.5. The number of ether oxygens (including phenoxy) is 1. The predicted octanol–water partition coefficient (Wildman–Crippen LogP) is 2.86. The first kappa shape index (κ1) is 13.1. The highest BCUT2D eigenvalue weighted by atomic mass is 16.5. The molecule has 0 aliphatic carbocycles. The summed E-state index contributed by atoms with van der Waals surface area (Å²) in [6, 6.07) is 17.6. The number of nitrogens with one attached hydrogen (secondary N) is 1. The zero-order valence-electron chi connectivity index (χ0n) is 10.9. The minimum Gasteiger partial charge on any atom is -0.489 e. The molecule has 3 nitrogen and oxygen atoms in total. The Labute approximate surface area is 113 Å². The highest BCUT2D eigenvalue weighted by Crippen LogP contribution is 2.15. The van der Waals surface area contributed by atoms with Gasteiger partial charge in [0.2, 0.25) is 0 Å². The van der Waals surface area contributed by atoms with Crippen LogP contribution in [0.1, 0.15) is 16.7 Å². The van der Waals surface area contributed by atoms with Crippen LogP contribution in [-0.4, -0.2) is 7.05 Å². The van der Waals surface area contributed by atoms with Crippen molar-refractivity contribution < 1.29 is 4.74 Å². The van der Waals surface area contributed by atoms with Gasteiger partial charge in [-0.1, -0.05) is 24.3 Å². The van der Waals surface area contributed by atoms with Crippen LogP contribution >= 0.6 is 0 Å². The molecule has 0 amide bonds. The SMILES string of the molecule is CNCc1cccc(OCc2ccc(C#N)cc2)c1. The van der Waals surface area contributed by atoms with Gasteiger partial charge in [0.05, 0.1) is 11.6 Å². The standard InChI is InChI=1S/C16H16N2O/c1-18-11-15-3-2-4-16(9-15)19-12-14-7-5-13(10-17)6-8-14/h2-9,18H,11-12H2,1H3. The van der Waals surface area contributed by atoms with Crippen molar-refractivity contribution in [2.75, 3.05) is 7.05 Å². The first-order chi connectivity index (χ1) is 9.31. The Bertz CT molecular complexity index is 570. The fraction of sp³-hybridized carbons (Fsp3) is 0.188. The highest BCUT2D eigenvalue weighted by molar-refractivity contribution is 5.32. The molecule has 1 N–H and O–H groups in total. The first-order valence-corrected chi connectivity index (χ1v) is 6.17.